The molecule has 1 aromatic rings. The Kier molecular flexibility index (Phi) is 3.66. The van der Waals surface area contributed by atoms with Crippen molar-refractivity contribution >= 4 is 17.2 Å². The van der Waals surface area contributed by atoms with E-state index in [0.717, 1.165) is 11.3 Å². The van der Waals surface area contributed by atoms with E-state index in [4.69, 9.17) is 0 Å². The van der Waals surface area contributed by atoms with Crippen LogP contribution in [-0.4, -0.2) is 11.9 Å². The van der Waals surface area contributed by atoms with Crippen LogP contribution >= 0.6 is 11.3 Å². The van der Waals surface area contributed by atoms with E-state index in [-0.39, 0.29) is 5.91 Å². The number of hydrogen-bond acceptors (Lipinski definition) is 2. The Morgan fingerprint density at radius 1 is 1.21 bits per heavy atom. The molecule has 0 aromatic carbocycles. The van der Waals surface area contributed by atoms with Crippen LogP contribution in [0.15, 0.2) is 6.07 Å². The molecule has 1 heterocycles. The molecule has 19 heavy (non-hydrogen) atoms. The second-order valence-corrected chi connectivity index (χ2v) is 7.43. The molecule has 2 atom stereocenters. The first-order valence-electron chi connectivity index (χ1n) is 7.57. The minimum absolute atomic E-state index is 0.157. The summed E-state index contributed by atoms with van der Waals surface area (Å²) in [5.74, 6) is 1.38. The molecule has 1 N–H and O–H groups in total. The molecular weight excluding hydrogens is 254 g/mol. The van der Waals surface area contributed by atoms with Gasteiger partial charge in [-0.3, -0.25) is 4.79 Å². The van der Waals surface area contributed by atoms with Gasteiger partial charge in [0.05, 0.1) is 4.88 Å². The first-order valence-corrected chi connectivity index (χ1v) is 8.39. The fraction of sp³-hybridized carbons (Fsp3) is 0.688. The zero-order valence-electron chi connectivity index (χ0n) is 11.9. The lowest BCUT2D eigenvalue weighted by Crippen LogP contribution is -2.45. The second-order valence-electron chi connectivity index (χ2n) is 6.30. The van der Waals surface area contributed by atoms with E-state index < -0.39 is 0 Å². The summed E-state index contributed by atoms with van der Waals surface area (Å²) in [7, 11) is 0. The van der Waals surface area contributed by atoms with E-state index in [1.54, 1.807) is 11.3 Å². The van der Waals surface area contributed by atoms with Gasteiger partial charge in [0.25, 0.3) is 5.91 Å². The third-order valence-electron chi connectivity index (χ3n) is 4.81. The van der Waals surface area contributed by atoms with E-state index in [2.05, 4.69) is 25.2 Å². The predicted molar refractivity (Wildman–Crippen MR) is 79.8 cm³/mol. The van der Waals surface area contributed by atoms with Gasteiger partial charge in [-0.2, -0.15) is 0 Å². The molecule has 2 unspecified atom stereocenters. The maximum Gasteiger partial charge on any atom is 0.261 e. The molecule has 0 spiro atoms. The highest BCUT2D eigenvalue weighted by Gasteiger charge is 2.30. The van der Waals surface area contributed by atoms with Gasteiger partial charge < -0.3 is 5.32 Å². The number of amides is 1. The molecule has 1 saturated carbocycles. The number of fused-ring (bicyclic) bond motifs is 1. The Hall–Kier alpha value is -0.830. The van der Waals surface area contributed by atoms with Gasteiger partial charge in [-0.05, 0) is 55.6 Å². The summed E-state index contributed by atoms with van der Waals surface area (Å²) in [6.45, 7) is 4.55. The van der Waals surface area contributed by atoms with Crippen molar-refractivity contribution in [3.05, 3.63) is 21.4 Å². The first-order chi connectivity index (χ1) is 9.15. The predicted octanol–water partition coefficient (Wildman–Crippen LogP) is 3.79. The monoisotopic (exact) mass is 277 g/mol. The molecule has 2 aliphatic carbocycles. The summed E-state index contributed by atoms with van der Waals surface area (Å²) in [4.78, 5) is 14.8. The van der Waals surface area contributed by atoms with Crippen molar-refractivity contribution in [1.29, 1.82) is 0 Å². The van der Waals surface area contributed by atoms with Crippen LogP contribution in [0.2, 0.25) is 0 Å². The average molecular weight is 277 g/mol. The van der Waals surface area contributed by atoms with Gasteiger partial charge in [-0.25, -0.2) is 0 Å². The van der Waals surface area contributed by atoms with Gasteiger partial charge in [0.2, 0.25) is 0 Å². The number of thiophene rings is 1. The Morgan fingerprint density at radius 2 is 1.95 bits per heavy atom. The second kappa shape index (κ2) is 5.28. The lowest BCUT2D eigenvalue weighted by molar-refractivity contribution is 0.0884. The molecule has 1 fully saturated rings. The molecular formula is C16H23NOS. The van der Waals surface area contributed by atoms with Crippen molar-refractivity contribution in [3.63, 3.8) is 0 Å². The summed E-state index contributed by atoms with van der Waals surface area (Å²) < 4.78 is 0. The summed E-state index contributed by atoms with van der Waals surface area (Å²) in [6.07, 6.45) is 7.40. The standard InChI is InChI=1S/C16H23NOS/c1-10-5-3-6-11(2)15(10)17-16(18)14-9-12-7-4-8-13(12)19-14/h9-11,15H,3-8H2,1-2H3,(H,17,18). The van der Waals surface area contributed by atoms with Crippen molar-refractivity contribution in [2.24, 2.45) is 11.8 Å². The Balaban J connectivity index is 1.69. The van der Waals surface area contributed by atoms with Crippen molar-refractivity contribution in [2.45, 2.75) is 58.4 Å². The highest BCUT2D eigenvalue weighted by molar-refractivity contribution is 7.14. The van der Waals surface area contributed by atoms with Gasteiger partial charge in [-0.15, -0.1) is 11.3 Å². The van der Waals surface area contributed by atoms with Crippen LogP contribution in [-0.2, 0) is 12.8 Å². The van der Waals surface area contributed by atoms with E-state index in [0.29, 0.717) is 17.9 Å². The van der Waals surface area contributed by atoms with Crippen molar-refractivity contribution in [3.8, 4) is 0 Å². The van der Waals surface area contributed by atoms with Crippen LogP contribution in [0, 0.1) is 11.8 Å². The van der Waals surface area contributed by atoms with E-state index in [1.807, 2.05) is 0 Å². The van der Waals surface area contributed by atoms with Crippen LogP contribution in [0.3, 0.4) is 0 Å². The van der Waals surface area contributed by atoms with Crippen LogP contribution in [0.5, 0.6) is 0 Å². The average Bonchev–Trinajstić information content (AvgIpc) is 2.94. The maximum atomic E-state index is 12.4. The molecule has 0 radical (unpaired) electrons. The molecule has 3 heteroatoms. The fourth-order valence-corrected chi connectivity index (χ4v) is 4.79. The quantitative estimate of drug-likeness (QED) is 0.875. The molecule has 0 saturated heterocycles. The lowest BCUT2D eigenvalue weighted by atomic mass is 9.79. The molecule has 1 aromatic heterocycles. The van der Waals surface area contributed by atoms with E-state index >= 15 is 0 Å². The van der Waals surface area contributed by atoms with Crippen LogP contribution in [0.25, 0.3) is 0 Å². The van der Waals surface area contributed by atoms with Gasteiger partial charge in [0, 0.05) is 10.9 Å². The number of nitrogens with one attached hydrogen (secondary N) is 1. The van der Waals surface area contributed by atoms with E-state index in [1.165, 1.54) is 42.5 Å². The largest absolute Gasteiger partial charge is 0.348 e. The minimum atomic E-state index is 0.157. The van der Waals surface area contributed by atoms with Crippen LogP contribution < -0.4 is 5.32 Å². The summed E-state index contributed by atoms with van der Waals surface area (Å²) in [5, 5.41) is 3.29. The number of aryl methyl sites for hydroxylation is 2. The molecule has 3 rings (SSSR count). The van der Waals surface area contributed by atoms with Crippen molar-refractivity contribution in [2.75, 3.05) is 0 Å². The van der Waals surface area contributed by atoms with E-state index in [9.17, 15) is 4.79 Å². The Bertz CT molecular complexity index is 448. The highest BCUT2D eigenvalue weighted by atomic mass is 32.1. The normalized spacial score (nSPS) is 30.1. The van der Waals surface area contributed by atoms with Gasteiger partial charge >= 0.3 is 0 Å². The summed E-state index contributed by atoms with van der Waals surface area (Å²) in [5.41, 5.74) is 1.42. The molecule has 2 nitrogen and oxygen atoms in total. The number of rotatable bonds is 2. The fourth-order valence-electron chi connectivity index (χ4n) is 3.63. The molecule has 0 bridgehead atoms. The van der Waals surface area contributed by atoms with Crippen molar-refractivity contribution in [1.82, 2.24) is 5.32 Å². The SMILES string of the molecule is CC1CCCC(C)C1NC(=O)c1cc2c(s1)CCC2. The summed E-state index contributed by atoms with van der Waals surface area (Å²) >= 11 is 1.71. The number of carbonyl (C=O) groups is 1. The first kappa shape index (κ1) is 13.2. The Labute approximate surface area is 119 Å². The highest BCUT2D eigenvalue weighted by Crippen LogP contribution is 2.32. The van der Waals surface area contributed by atoms with Crippen molar-refractivity contribution < 1.29 is 4.79 Å². The van der Waals surface area contributed by atoms with Gasteiger partial charge in [0.15, 0.2) is 0 Å². The molecule has 0 aliphatic heterocycles. The smallest absolute Gasteiger partial charge is 0.261 e. The number of carbonyl (C=O) groups excluding carboxylic acids is 1. The zero-order chi connectivity index (χ0) is 13.4. The topological polar surface area (TPSA) is 29.1 Å². The minimum Gasteiger partial charge on any atom is -0.348 e. The number of hydrogen-bond donors (Lipinski definition) is 1. The molecule has 104 valence electrons. The Morgan fingerprint density at radius 3 is 2.63 bits per heavy atom. The third kappa shape index (κ3) is 2.58. The summed E-state index contributed by atoms with van der Waals surface area (Å²) in [6, 6.07) is 2.48. The molecule has 2 aliphatic rings. The zero-order valence-corrected chi connectivity index (χ0v) is 12.7. The van der Waals surface area contributed by atoms with Crippen LogP contribution in [0.1, 0.15) is 59.6 Å². The van der Waals surface area contributed by atoms with Gasteiger partial charge in [0.1, 0.15) is 0 Å². The van der Waals surface area contributed by atoms with Gasteiger partial charge in [-0.1, -0.05) is 20.3 Å². The van der Waals surface area contributed by atoms with Crippen LogP contribution in [0.4, 0.5) is 0 Å². The third-order valence-corrected chi connectivity index (χ3v) is 6.05. The molecule has 1 amide bonds. The lowest BCUT2D eigenvalue weighted by Gasteiger charge is -2.35. The maximum absolute atomic E-state index is 12.4.